The van der Waals surface area contributed by atoms with Crippen LogP contribution in [-0.2, 0) is 19.2 Å². The highest BCUT2D eigenvalue weighted by atomic mass is 16.4. The van der Waals surface area contributed by atoms with Crippen LogP contribution in [0.1, 0.15) is 64.2 Å². The predicted molar refractivity (Wildman–Crippen MR) is 135 cm³/mol. The Morgan fingerprint density at radius 1 is 0.676 bits per heavy atom. The monoisotopic (exact) mass is 527 g/mol. The lowest BCUT2D eigenvalue weighted by molar-refractivity contribution is -0.139. The first-order chi connectivity index (χ1) is 17.3. The minimum Gasteiger partial charge on any atom is -0.480 e. The van der Waals surface area contributed by atoms with E-state index in [0.717, 1.165) is 16.7 Å². The number of carbonyl (C=O) groups is 4. The van der Waals surface area contributed by atoms with E-state index in [9.17, 15) is 29.4 Å². The Kier molecular flexibility index (Phi) is 13.8. The Morgan fingerprint density at radius 2 is 1.14 bits per heavy atom. The van der Waals surface area contributed by atoms with E-state index < -0.39 is 48.0 Å². The first kappa shape index (κ1) is 32.0. The molecular weight excluding hydrogens is 486 g/mol. The van der Waals surface area contributed by atoms with Crippen LogP contribution >= 0.6 is 0 Å². The van der Waals surface area contributed by atoms with Crippen LogP contribution < -0.4 is 22.9 Å². The molecule has 1 aliphatic heterocycles. The molecule has 0 bridgehead atoms. The smallest absolute Gasteiger partial charge is 0.320 e. The molecule has 12 N–H and O–H groups in total. The molecule has 0 saturated carbocycles. The summed E-state index contributed by atoms with van der Waals surface area (Å²) >= 11 is 0. The zero-order valence-corrected chi connectivity index (χ0v) is 21.1. The van der Waals surface area contributed by atoms with Crippen LogP contribution in [0.2, 0.25) is 0 Å². The molecule has 0 aliphatic carbocycles. The summed E-state index contributed by atoms with van der Waals surface area (Å²) in [7, 11) is 0. The second-order valence-corrected chi connectivity index (χ2v) is 9.45. The van der Waals surface area contributed by atoms with E-state index in [1.165, 1.54) is 0 Å². The van der Waals surface area contributed by atoms with Crippen molar-refractivity contribution in [1.82, 2.24) is 4.90 Å². The van der Waals surface area contributed by atoms with Crippen LogP contribution in [0, 0.1) is 0 Å². The first-order valence-electron chi connectivity index (χ1n) is 12.4. The molecule has 0 aromatic rings. The van der Waals surface area contributed by atoms with E-state index in [1.54, 1.807) is 0 Å². The molecule has 13 nitrogen and oxygen atoms in total. The number of nitrogens with two attached hydrogens (primary N) is 4. The SMILES string of the molecule is NC(CCCCN1C=C(CCC(N)C(=O)O)C(CCCC(N)C(=O)O)=C(CCC(N)C(=O)O)C1)C(=O)O. The molecule has 4 atom stereocenters. The van der Waals surface area contributed by atoms with E-state index in [-0.39, 0.29) is 19.3 Å². The Bertz CT molecular complexity index is 875. The van der Waals surface area contributed by atoms with Crippen molar-refractivity contribution in [3.63, 3.8) is 0 Å². The average Bonchev–Trinajstić information content (AvgIpc) is 2.83. The first-order valence-corrected chi connectivity index (χ1v) is 12.4. The molecule has 13 heteroatoms. The lowest BCUT2D eigenvalue weighted by Gasteiger charge is -2.32. The molecule has 1 heterocycles. The van der Waals surface area contributed by atoms with Gasteiger partial charge < -0.3 is 48.3 Å². The van der Waals surface area contributed by atoms with Crippen LogP contribution in [0.5, 0.6) is 0 Å². The summed E-state index contributed by atoms with van der Waals surface area (Å²) in [6.45, 7) is 1.08. The fourth-order valence-electron chi connectivity index (χ4n) is 4.15. The lowest BCUT2D eigenvalue weighted by Crippen LogP contribution is -2.33. The Hall–Kier alpha value is -3.00. The van der Waals surface area contributed by atoms with Crippen molar-refractivity contribution < 1.29 is 39.6 Å². The molecule has 1 aliphatic rings. The van der Waals surface area contributed by atoms with Crippen LogP contribution in [0.3, 0.4) is 0 Å². The summed E-state index contributed by atoms with van der Waals surface area (Å²) in [6, 6.07) is -4.04. The molecule has 0 radical (unpaired) electrons. The van der Waals surface area contributed by atoms with E-state index in [1.807, 2.05) is 11.1 Å². The number of carboxylic acid groups (broad SMARTS) is 4. The van der Waals surface area contributed by atoms with Gasteiger partial charge in [-0.2, -0.15) is 0 Å². The number of aliphatic carboxylic acids is 4. The van der Waals surface area contributed by atoms with Gasteiger partial charge in [-0.15, -0.1) is 0 Å². The lowest BCUT2D eigenvalue weighted by atomic mass is 9.86. The second-order valence-electron chi connectivity index (χ2n) is 9.45. The highest BCUT2D eigenvalue weighted by molar-refractivity contribution is 5.74. The standard InChI is InChI=1S/C24H41N5O8/c25-17(21(30)31)5-1-2-11-29-12-14(7-9-19(27)23(34)35)16(4-3-6-18(26)22(32)33)15(13-29)8-10-20(28)24(36)37/h12,17-20H,1-11,13,25-28H2,(H,30,31)(H,32,33)(H,34,35)(H,36,37). The maximum Gasteiger partial charge on any atom is 0.320 e. The fraction of sp³-hybridized carbons (Fsp3) is 0.667. The minimum atomic E-state index is -1.12. The molecule has 4 unspecified atom stereocenters. The van der Waals surface area contributed by atoms with Gasteiger partial charge in [0.15, 0.2) is 0 Å². The van der Waals surface area contributed by atoms with E-state index in [0.29, 0.717) is 58.0 Å². The number of unbranched alkanes of at least 4 members (excludes halogenated alkanes) is 1. The molecule has 0 aromatic carbocycles. The summed E-state index contributed by atoms with van der Waals surface area (Å²) < 4.78 is 0. The summed E-state index contributed by atoms with van der Waals surface area (Å²) in [5, 5.41) is 36.4. The van der Waals surface area contributed by atoms with Crippen LogP contribution in [0.25, 0.3) is 0 Å². The molecular formula is C24H41N5O8. The third-order valence-electron chi connectivity index (χ3n) is 6.45. The summed E-state index contributed by atoms with van der Waals surface area (Å²) in [4.78, 5) is 46.6. The Balaban J connectivity index is 3.10. The van der Waals surface area contributed by atoms with Crippen molar-refractivity contribution in [2.75, 3.05) is 13.1 Å². The maximum atomic E-state index is 11.3. The summed E-state index contributed by atoms with van der Waals surface area (Å²) in [6.07, 6.45) is 5.89. The van der Waals surface area contributed by atoms with E-state index in [4.69, 9.17) is 33.1 Å². The van der Waals surface area contributed by atoms with Crippen LogP contribution in [0.4, 0.5) is 0 Å². The van der Waals surface area contributed by atoms with Gasteiger partial charge in [-0.3, -0.25) is 19.2 Å². The number of hydrogen-bond acceptors (Lipinski definition) is 9. The van der Waals surface area contributed by atoms with Gasteiger partial charge in [0.25, 0.3) is 0 Å². The van der Waals surface area contributed by atoms with Gasteiger partial charge in [0.1, 0.15) is 24.2 Å². The van der Waals surface area contributed by atoms with Crippen molar-refractivity contribution >= 4 is 23.9 Å². The van der Waals surface area contributed by atoms with Gasteiger partial charge in [0, 0.05) is 19.3 Å². The number of rotatable bonds is 19. The van der Waals surface area contributed by atoms with E-state index >= 15 is 0 Å². The van der Waals surface area contributed by atoms with Crippen LogP contribution in [0.15, 0.2) is 22.9 Å². The molecule has 0 spiro atoms. The number of carboxylic acids is 4. The quantitative estimate of drug-likeness (QED) is 0.103. The molecule has 0 amide bonds. The zero-order valence-electron chi connectivity index (χ0n) is 21.1. The third-order valence-corrected chi connectivity index (χ3v) is 6.45. The van der Waals surface area contributed by atoms with Crippen molar-refractivity contribution in [1.29, 1.82) is 0 Å². The van der Waals surface area contributed by atoms with Gasteiger partial charge in [-0.05, 0) is 80.9 Å². The van der Waals surface area contributed by atoms with Gasteiger partial charge in [0.05, 0.1) is 0 Å². The predicted octanol–water partition coefficient (Wildman–Crippen LogP) is 0.0311. The molecule has 0 fully saturated rings. The normalized spacial score (nSPS) is 17.1. The number of allylic oxidation sites excluding steroid dienone is 2. The molecule has 210 valence electrons. The number of nitrogens with zero attached hydrogens (tertiary/aromatic N) is 1. The Morgan fingerprint density at radius 3 is 1.65 bits per heavy atom. The van der Waals surface area contributed by atoms with Crippen molar-refractivity contribution in [2.45, 2.75) is 88.4 Å². The summed E-state index contributed by atoms with van der Waals surface area (Å²) in [5.41, 5.74) is 25.4. The molecule has 37 heavy (non-hydrogen) atoms. The van der Waals surface area contributed by atoms with Crippen molar-refractivity contribution in [3.05, 3.63) is 22.9 Å². The average molecular weight is 528 g/mol. The maximum absolute atomic E-state index is 11.3. The van der Waals surface area contributed by atoms with Crippen LogP contribution in [-0.4, -0.2) is 86.5 Å². The van der Waals surface area contributed by atoms with Gasteiger partial charge in [-0.1, -0.05) is 0 Å². The van der Waals surface area contributed by atoms with Gasteiger partial charge >= 0.3 is 23.9 Å². The summed E-state index contributed by atoms with van der Waals surface area (Å²) in [5.74, 6) is -4.38. The van der Waals surface area contributed by atoms with Crippen molar-refractivity contribution in [3.8, 4) is 0 Å². The fourth-order valence-corrected chi connectivity index (χ4v) is 4.15. The topological polar surface area (TPSA) is 257 Å². The van der Waals surface area contributed by atoms with Crippen molar-refractivity contribution in [2.24, 2.45) is 22.9 Å². The molecule has 0 saturated heterocycles. The second kappa shape index (κ2) is 16.0. The largest absolute Gasteiger partial charge is 0.480 e. The zero-order chi connectivity index (χ0) is 28.1. The Labute approximate surface area is 216 Å². The minimum absolute atomic E-state index is 0.183. The highest BCUT2D eigenvalue weighted by Gasteiger charge is 2.24. The van der Waals surface area contributed by atoms with E-state index in [2.05, 4.69) is 0 Å². The highest BCUT2D eigenvalue weighted by Crippen LogP contribution is 2.33. The number of hydrogen-bond donors (Lipinski definition) is 8. The van der Waals surface area contributed by atoms with Gasteiger partial charge in [-0.25, -0.2) is 0 Å². The molecule has 0 aromatic heterocycles. The van der Waals surface area contributed by atoms with Gasteiger partial charge in [0.2, 0.25) is 0 Å². The molecule has 1 rings (SSSR count). The third kappa shape index (κ3) is 11.7.